The van der Waals surface area contributed by atoms with Gasteiger partial charge in [0, 0.05) is 12.3 Å². The molecular formula is C21H22O3. The summed E-state index contributed by atoms with van der Waals surface area (Å²) in [6.45, 7) is 3.62. The van der Waals surface area contributed by atoms with Gasteiger partial charge in [0.2, 0.25) is 0 Å². The van der Waals surface area contributed by atoms with E-state index in [9.17, 15) is 9.59 Å². The number of benzene rings is 2. The summed E-state index contributed by atoms with van der Waals surface area (Å²) in [4.78, 5) is 25.2. The van der Waals surface area contributed by atoms with Gasteiger partial charge in [0.15, 0.2) is 0 Å². The standard InChI is InChI=1S/C21H22O3/c1-14(2)24-21(23)20-18(22)13-17(15-9-5-3-6-10-15)19(20)16-11-7-4-8-12-16/h3-12,14,17,19-20H,13H2,1-2H3/t17-,19-,20-/m0/s1. The Bertz CT molecular complexity index is 706. The third kappa shape index (κ3) is 3.25. The Morgan fingerprint density at radius 1 is 0.958 bits per heavy atom. The Balaban J connectivity index is 2.02. The highest BCUT2D eigenvalue weighted by Crippen LogP contribution is 2.48. The van der Waals surface area contributed by atoms with Crippen LogP contribution in [0.15, 0.2) is 60.7 Å². The molecular weight excluding hydrogens is 300 g/mol. The summed E-state index contributed by atoms with van der Waals surface area (Å²) in [5.41, 5.74) is 2.11. The smallest absolute Gasteiger partial charge is 0.317 e. The van der Waals surface area contributed by atoms with Crippen molar-refractivity contribution >= 4 is 11.8 Å². The molecule has 1 saturated carbocycles. The van der Waals surface area contributed by atoms with Crippen LogP contribution in [-0.4, -0.2) is 17.9 Å². The zero-order valence-corrected chi connectivity index (χ0v) is 14.0. The Kier molecular flexibility index (Phi) is 4.79. The van der Waals surface area contributed by atoms with Gasteiger partial charge in [-0.25, -0.2) is 0 Å². The predicted octanol–water partition coefficient (Wildman–Crippen LogP) is 4.09. The average molecular weight is 322 g/mol. The van der Waals surface area contributed by atoms with E-state index in [1.165, 1.54) is 0 Å². The van der Waals surface area contributed by atoms with Gasteiger partial charge in [-0.3, -0.25) is 9.59 Å². The van der Waals surface area contributed by atoms with Gasteiger partial charge in [-0.05, 0) is 30.9 Å². The van der Waals surface area contributed by atoms with E-state index in [0.717, 1.165) is 11.1 Å². The molecule has 124 valence electrons. The lowest BCUT2D eigenvalue weighted by molar-refractivity contribution is -0.154. The van der Waals surface area contributed by atoms with Crippen molar-refractivity contribution in [3.63, 3.8) is 0 Å². The maximum absolute atomic E-state index is 12.7. The molecule has 0 amide bonds. The summed E-state index contributed by atoms with van der Waals surface area (Å²) in [6, 6.07) is 19.8. The maximum atomic E-state index is 12.7. The molecule has 0 aromatic heterocycles. The fraction of sp³-hybridized carbons (Fsp3) is 0.333. The van der Waals surface area contributed by atoms with Crippen LogP contribution >= 0.6 is 0 Å². The number of ketones is 1. The van der Waals surface area contributed by atoms with Crippen LogP contribution in [0.4, 0.5) is 0 Å². The van der Waals surface area contributed by atoms with Crippen molar-refractivity contribution in [1.29, 1.82) is 0 Å². The van der Waals surface area contributed by atoms with Gasteiger partial charge >= 0.3 is 5.97 Å². The summed E-state index contributed by atoms with van der Waals surface area (Å²) in [5.74, 6) is -1.32. The molecule has 0 unspecified atom stereocenters. The van der Waals surface area contributed by atoms with Crippen molar-refractivity contribution in [1.82, 2.24) is 0 Å². The van der Waals surface area contributed by atoms with E-state index in [0.29, 0.717) is 6.42 Å². The summed E-state index contributed by atoms with van der Waals surface area (Å²) in [5, 5.41) is 0. The van der Waals surface area contributed by atoms with Crippen LogP contribution in [0, 0.1) is 5.92 Å². The maximum Gasteiger partial charge on any atom is 0.317 e. The molecule has 1 fully saturated rings. The number of Topliss-reactive ketones (excluding diaryl/α,β-unsaturated/α-hetero) is 1. The molecule has 0 spiro atoms. The van der Waals surface area contributed by atoms with Gasteiger partial charge in [-0.1, -0.05) is 60.7 Å². The largest absolute Gasteiger partial charge is 0.462 e. The van der Waals surface area contributed by atoms with Crippen LogP contribution in [0.5, 0.6) is 0 Å². The number of esters is 1. The zero-order chi connectivity index (χ0) is 17.1. The van der Waals surface area contributed by atoms with Gasteiger partial charge in [0.1, 0.15) is 11.7 Å². The van der Waals surface area contributed by atoms with E-state index in [1.54, 1.807) is 0 Å². The zero-order valence-electron chi connectivity index (χ0n) is 14.0. The first-order valence-electron chi connectivity index (χ1n) is 8.41. The van der Waals surface area contributed by atoms with Crippen LogP contribution in [0.2, 0.25) is 0 Å². The number of hydrogen-bond acceptors (Lipinski definition) is 3. The monoisotopic (exact) mass is 322 g/mol. The van der Waals surface area contributed by atoms with Gasteiger partial charge in [0.05, 0.1) is 6.10 Å². The molecule has 0 aliphatic heterocycles. The molecule has 0 radical (unpaired) electrons. The van der Waals surface area contributed by atoms with Crippen molar-refractivity contribution in [2.24, 2.45) is 5.92 Å². The highest BCUT2D eigenvalue weighted by molar-refractivity contribution is 6.02. The average Bonchev–Trinajstić information content (AvgIpc) is 2.93. The fourth-order valence-corrected chi connectivity index (χ4v) is 3.61. The minimum atomic E-state index is -0.722. The van der Waals surface area contributed by atoms with Gasteiger partial charge in [-0.2, -0.15) is 0 Å². The predicted molar refractivity (Wildman–Crippen MR) is 92.7 cm³/mol. The number of carbonyl (C=O) groups is 2. The molecule has 0 saturated heterocycles. The fourth-order valence-electron chi connectivity index (χ4n) is 3.61. The van der Waals surface area contributed by atoms with Gasteiger partial charge in [-0.15, -0.1) is 0 Å². The van der Waals surface area contributed by atoms with Crippen molar-refractivity contribution in [2.45, 2.75) is 38.2 Å². The number of ether oxygens (including phenoxy) is 1. The second kappa shape index (κ2) is 7.00. The molecule has 24 heavy (non-hydrogen) atoms. The molecule has 2 aromatic carbocycles. The lowest BCUT2D eigenvalue weighted by atomic mass is 9.80. The van der Waals surface area contributed by atoms with Crippen molar-refractivity contribution in [3.8, 4) is 0 Å². The van der Waals surface area contributed by atoms with Crippen LogP contribution < -0.4 is 0 Å². The highest BCUT2D eigenvalue weighted by atomic mass is 16.5. The molecule has 0 heterocycles. The number of carbonyl (C=O) groups excluding carboxylic acids is 2. The molecule has 0 N–H and O–H groups in total. The summed E-state index contributed by atoms with van der Waals surface area (Å²) in [7, 11) is 0. The van der Waals surface area contributed by atoms with E-state index in [-0.39, 0.29) is 23.7 Å². The molecule has 3 nitrogen and oxygen atoms in total. The molecule has 3 atom stereocenters. The Hall–Kier alpha value is -2.42. The van der Waals surface area contributed by atoms with Gasteiger partial charge < -0.3 is 4.74 Å². The van der Waals surface area contributed by atoms with Crippen LogP contribution in [0.1, 0.15) is 43.2 Å². The Labute approximate surface area is 142 Å². The van der Waals surface area contributed by atoms with E-state index >= 15 is 0 Å². The molecule has 3 heteroatoms. The molecule has 3 rings (SSSR count). The summed E-state index contributed by atoms with van der Waals surface area (Å²) in [6.07, 6.45) is 0.152. The lowest BCUT2D eigenvalue weighted by Crippen LogP contribution is -2.28. The van der Waals surface area contributed by atoms with Crippen molar-refractivity contribution in [3.05, 3.63) is 71.8 Å². The topological polar surface area (TPSA) is 43.4 Å². The first kappa shape index (κ1) is 16.4. The lowest BCUT2D eigenvalue weighted by Gasteiger charge is -2.24. The quantitative estimate of drug-likeness (QED) is 0.629. The first-order valence-corrected chi connectivity index (χ1v) is 8.41. The minimum Gasteiger partial charge on any atom is -0.462 e. The Morgan fingerprint density at radius 3 is 2.04 bits per heavy atom. The Morgan fingerprint density at radius 2 is 1.50 bits per heavy atom. The third-order valence-electron chi connectivity index (χ3n) is 4.58. The normalized spacial score (nSPS) is 23.5. The SMILES string of the molecule is CC(C)OC(=O)[C@H]1C(=O)C[C@@H](c2ccccc2)[C@@H]1c1ccccc1. The number of rotatable bonds is 4. The van der Waals surface area contributed by atoms with E-state index in [1.807, 2.05) is 74.5 Å². The van der Waals surface area contributed by atoms with Crippen LogP contribution in [-0.2, 0) is 14.3 Å². The third-order valence-corrected chi connectivity index (χ3v) is 4.58. The second-order valence-electron chi connectivity index (χ2n) is 6.59. The van der Waals surface area contributed by atoms with Crippen molar-refractivity contribution in [2.75, 3.05) is 0 Å². The molecule has 2 aromatic rings. The summed E-state index contributed by atoms with van der Waals surface area (Å²) < 4.78 is 5.38. The number of hydrogen-bond donors (Lipinski definition) is 0. The summed E-state index contributed by atoms with van der Waals surface area (Å²) >= 11 is 0. The molecule has 1 aliphatic carbocycles. The van der Waals surface area contributed by atoms with E-state index < -0.39 is 11.9 Å². The van der Waals surface area contributed by atoms with E-state index in [4.69, 9.17) is 4.74 Å². The highest BCUT2D eigenvalue weighted by Gasteiger charge is 2.48. The van der Waals surface area contributed by atoms with Gasteiger partial charge in [0.25, 0.3) is 0 Å². The van der Waals surface area contributed by atoms with E-state index in [2.05, 4.69) is 0 Å². The second-order valence-corrected chi connectivity index (χ2v) is 6.59. The first-order chi connectivity index (χ1) is 11.6. The van der Waals surface area contributed by atoms with Crippen LogP contribution in [0.25, 0.3) is 0 Å². The van der Waals surface area contributed by atoms with Crippen molar-refractivity contribution < 1.29 is 14.3 Å². The molecule has 1 aliphatic rings. The molecule has 0 bridgehead atoms. The van der Waals surface area contributed by atoms with Crippen LogP contribution in [0.3, 0.4) is 0 Å². The minimum absolute atomic E-state index is 0.00538.